The largest absolute Gasteiger partial charge is 0.497 e. The molecule has 0 aromatic heterocycles. The normalized spacial score (nSPS) is 17.1. The van der Waals surface area contributed by atoms with Crippen LogP contribution in [0.2, 0.25) is 0 Å². The van der Waals surface area contributed by atoms with Gasteiger partial charge >= 0.3 is 0 Å². The first-order valence-electron chi connectivity index (χ1n) is 8.42. The molecule has 1 unspecified atom stereocenters. The molecule has 1 amide bonds. The highest BCUT2D eigenvalue weighted by molar-refractivity contribution is 5.85. The van der Waals surface area contributed by atoms with Crippen LogP contribution in [0.4, 0.5) is 0 Å². The molecule has 1 N–H and O–H groups in total. The molecule has 0 aliphatic carbocycles. The highest BCUT2D eigenvalue weighted by Crippen LogP contribution is 2.18. The average Bonchev–Trinajstić information content (AvgIpc) is 2.59. The van der Waals surface area contributed by atoms with Crippen molar-refractivity contribution in [2.75, 3.05) is 40.4 Å². The number of likely N-dealkylation sites (tertiary alicyclic amines) is 1. The van der Waals surface area contributed by atoms with Gasteiger partial charge in [-0.3, -0.25) is 4.79 Å². The van der Waals surface area contributed by atoms with E-state index in [0.717, 1.165) is 44.0 Å². The van der Waals surface area contributed by atoms with E-state index in [1.807, 2.05) is 36.2 Å². The molecule has 0 bridgehead atoms. The van der Waals surface area contributed by atoms with Gasteiger partial charge in [0.05, 0.1) is 13.7 Å². The highest BCUT2D eigenvalue weighted by Gasteiger charge is 2.22. The van der Waals surface area contributed by atoms with Crippen LogP contribution in [0.15, 0.2) is 24.3 Å². The van der Waals surface area contributed by atoms with E-state index in [9.17, 15) is 4.79 Å². The minimum Gasteiger partial charge on any atom is -0.497 e. The summed E-state index contributed by atoms with van der Waals surface area (Å²) in [5.41, 5.74) is 0. The molecule has 5 nitrogen and oxygen atoms in total. The van der Waals surface area contributed by atoms with Gasteiger partial charge in [-0.25, -0.2) is 0 Å². The van der Waals surface area contributed by atoms with Crippen LogP contribution in [0, 0.1) is 5.92 Å². The van der Waals surface area contributed by atoms with Crippen LogP contribution in [-0.2, 0) is 4.79 Å². The molecule has 24 heavy (non-hydrogen) atoms. The molecule has 1 heterocycles. The van der Waals surface area contributed by atoms with Crippen LogP contribution in [-0.4, -0.2) is 51.2 Å². The van der Waals surface area contributed by atoms with Crippen molar-refractivity contribution >= 4 is 18.3 Å². The lowest BCUT2D eigenvalue weighted by Gasteiger charge is -2.32. The summed E-state index contributed by atoms with van der Waals surface area (Å²) >= 11 is 0. The number of nitrogens with zero attached hydrogens (tertiary/aromatic N) is 1. The Morgan fingerprint density at radius 2 is 2.00 bits per heavy atom. The van der Waals surface area contributed by atoms with E-state index in [1.165, 1.54) is 6.42 Å². The second kappa shape index (κ2) is 11.2. The van der Waals surface area contributed by atoms with Crippen LogP contribution < -0.4 is 14.8 Å². The van der Waals surface area contributed by atoms with Crippen molar-refractivity contribution in [1.29, 1.82) is 0 Å². The Kier molecular flexibility index (Phi) is 9.57. The Bertz CT molecular complexity index is 480. The smallest absolute Gasteiger partial charge is 0.222 e. The van der Waals surface area contributed by atoms with E-state index in [-0.39, 0.29) is 18.3 Å². The maximum Gasteiger partial charge on any atom is 0.222 e. The fraction of sp³-hybridized carbons (Fsp3) is 0.611. The standard InChI is InChI=1S/C18H28N2O3.ClH/c1-19-13-15-5-3-11-20(14-15)18(21)6-4-12-23-17-9-7-16(22-2)8-10-17;/h7-10,15,19H,3-6,11-14H2,1-2H3;1H. The zero-order valence-electron chi connectivity index (χ0n) is 14.6. The molecule has 6 heteroatoms. The average molecular weight is 357 g/mol. The molecule has 1 atom stereocenters. The zero-order valence-corrected chi connectivity index (χ0v) is 15.4. The minimum atomic E-state index is 0. The van der Waals surface area contributed by atoms with E-state index < -0.39 is 0 Å². The van der Waals surface area contributed by atoms with Crippen molar-refractivity contribution in [2.45, 2.75) is 25.7 Å². The number of methoxy groups -OCH3 is 1. The van der Waals surface area contributed by atoms with Gasteiger partial charge in [-0.1, -0.05) is 0 Å². The van der Waals surface area contributed by atoms with Crippen LogP contribution >= 0.6 is 12.4 Å². The van der Waals surface area contributed by atoms with Crippen LogP contribution in [0.5, 0.6) is 11.5 Å². The number of piperidine rings is 1. The van der Waals surface area contributed by atoms with Gasteiger partial charge in [0.15, 0.2) is 0 Å². The van der Waals surface area contributed by atoms with Gasteiger partial charge in [0.1, 0.15) is 11.5 Å². The summed E-state index contributed by atoms with van der Waals surface area (Å²) in [6, 6.07) is 7.51. The summed E-state index contributed by atoms with van der Waals surface area (Å²) in [5, 5.41) is 3.21. The lowest BCUT2D eigenvalue weighted by molar-refractivity contribution is -0.133. The van der Waals surface area contributed by atoms with Gasteiger partial charge in [-0.15, -0.1) is 12.4 Å². The molecule has 1 aliphatic rings. The van der Waals surface area contributed by atoms with Gasteiger partial charge in [-0.2, -0.15) is 0 Å². The molecular weight excluding hydrogens is 328 g/mol. The minimum absolute atomic E-state index is 0. The zero-order chi connectivity index (χ0) is 16.5. The predicted octanol–water partition coefficient (Wildman–Crippen LogP) is 2.73. The number of amides is 1. The number of benzene rings is 1. The lowest BCUT2D eigenvalue weighted by atomic mass is 9.97. The van der Waals surface area contributed by atoms with E-state index >= 15 is 0 Å². The van der Waals surface area contributed by atoms with Crippen molar-refractivity contribution in [3.8, 4) is 11.5 Å². The Hall–Kier alpha value is -1.46. The number of hydrogen-bond acceptors (Lipinski definition) is 4. The fourth-order valence-corrected chi connectivity index (χ4v) is 2.99. The summed E-state index contributed by atoms with van der Waals surface area (Å²) < 4.78 is 10.8. The van der Waals surface area contributed by atoms with Gasteiger partial charge in [0, 0.05) is 19.5 Å². The van der Waals surface area contributed by atoms with Crippen LogP contribution in [0.3, 0.4) is 0 Å². The third-order valence-electron chi connectivity index (χ3n) is 4.23. The van der Waals surface area contributed by atoms with E-state index in [4.69, 9.17) is 9.47 Å². The van der Waals surface area contributed by atoms with Crippen LogP contribution in [0.1, 0.15) is 25.7 Å². The molecule has 136 valence electrons. The number of halogens is 1. The molecule has 1 aromatic rings. The van der Waals surface area contributed by atoms with E-state index in [0.29, 0.717) is 18.9 Å². The van der Waals surface area contributed by atoms with Crippen molar-refractivity contribution < 1.29 is 14.3 Å². The number of hydrogen-bond donors (Lipinski definition) is 1. The predicted molar refractivity (Wildman–Crippen MR) is 98.2 cm³/mol. The number of rotatable bonds is 8. The summed E-state index contributed by atoms with van der Waals surface area (Å²) in [5.74, 6) is 2.47. The Balaban J connectivity index is 0.00000288. The van der Waals surface area contributed by atoms with Crippen molar-refractivity contribution in [1.82, 2.24) is 10.2 Å². The number of carbonyl (C=O) groups is 1. The third-order valence-corrected chi connectivity index (χ3v) is 4.23. The summed E-state index contributed by atoms with van der Waals surface area (Å²) in [6.07, 6.45) is 3.63. The molecular formula is C18H29ClN2O3. The molecule has 1 aliphatic heterocycles. The Morgan fingerprint density at radius 3 is 2.67 bits per heavy atom. The summed E-state index contributed by atoms with van der Waals surface area (Å²) in [4.78, 5) is 14.3. The monoisotopic (exact) mass is 356 g/mol. The fourth-order valence-electron chi connectivity index (χ4n) is 2.99. The number of carbonyl (C=O) groups excluding carboxylic acids is 1. The molecule has 1 aromatic carbocycles. The quantitative estimate of drug-likeness (QED) is 0.728. The number of nitrogens with one attached hydrogen (secondary N) is 1. The van der Waals surface area contributed by atoms with Crippen molar-refractivity contribution in [2.24, 2.45) is 5.92 Å². The first-order valence-corrected chi connectivity index (χ1v) is 8.42. The molecule has 0 saturated carbocycles. The Morgan fingerprint density at radius 1 is 1.29 bits per heavy atom. The molecule has 0 radical (unpaired) electrons. The van der Waals surface area contributed by atoms with Crippen LogP contribution in [0.25, 0.3) is 0 Å². The summed E-state index contributed by atoms with van der Waals surface area (Å²) in [6.45, 7) is 3.34. The van der Waals surface area contributed by atoms with Crippen molar-refractivity contribution in [3.05, 3.63) is 24.3 Å². The van der Waals surface area contributed by atoms with E-state index in [2.05, 4.69) is 5.32 Å². The summed E-state index contributed by atoms with van der Waals surface area (Å²) in [7, 11) is 3.61. The second-order valence-corrected chi connectivity index (χ2v) is 6.03. The first kappa shape index (κ1) is 20.6. The maximum atomic E-state index is 12.3. The van der Waals surface area contributed by atoms with Gasteiger partial charge < -0.3 is 19.7 Å². The molecule has 2 rings (SSSR count). The maximum absolute atomic E-state index is 12.3. The molecule has 0 spiro atoms. The third kappa shape index (κ3) is 6.57. The number of ether oxygens (including phenoxy) is 2. The topological polar surface area (TPSA) is 50.8 Å². The van der Waals surface area contributed by atoms with Gasteiger partial charge in [0.2, 0.25) is 5.91 Å². The van der Waals surface area contributed by atoms with E-state index in [1.54, 1.807) is 7.11 Å². The lowest BCUT2D eigenvalue weighted by Crippen LogP contribution is -2.42. The molecule has 1 fully saturated rings. The van der Waals surface area contributed by atoms with Gasteiger partial charge in [-0.05, 0) is 63.0 Å². The first-order chi connectivity index (χ1) is 11.2. The molecule has 1 saturated heterocycles. The SMILES string of the molecule is CNCC1CCCN(C(=O)CCCOc2ccc(OC)cc2)C1.Cl. The Labute approximate surface area is 151 Å². The highest BCUT2D eigenvalue weighted by atomic mass is 35.5. The second-order valence-electron chi connectivity index (χ2n) is 6.03. The van der Waals surface area contributed by atoms with Gasteiger partial charge in [0.25, 0.3) is 0 Å². The van der Waals surface area contributed by atoms with Crippen molar-refractivity contribution in [3.63, 3.8) is 0 Å².